The van der Waals surface area contributed by atoms with Crippen LogP contribution in [0.25, 0.3) is 0 Å². The molecule has 0 saturated carbocycles. The van der Waals surface area contributed by atoms with Crippen molar-refractivity contribution in [3.63, 3.8) is 0 Å². The Morgan fingerprint density at radius 3 is 1.34 bits per heavy atom. The number of ether oxygens (including phenoxy) is 8. The maximum Gasteiger partial charge on any atom is 0.337 e. The van der Waals surface area contributed by atoms with Gasteiger partial charge in [0.15, 0.2) is 31.3 Å². The summed E-state index contributed by atoms with van der Waals surface area (Å²) >= 11 is 0. The van der Waals surface area contributed by atoms with Crippen molar-refractivity contribution in [3.8, 4) is 0 Å². The van der Waals surface area contributed by atoms with E-state index in [4.69, 9.17) is 33.2 Å². The number of hydrogen-bond donors (Lipinski definition) is 13. The van der Waals surface area contributed by atoms with Crippen molar-refractivity contribution in [2.75, 3.05) is 26.9 Å². The van der Waals surface area contributed by atoms with Crippen LogP contribution in [-0.2, 0) is 42.7 Å². The molecule has 4 aliphatic heterocycles. The van der Waals surface area contributed by atoms with Crippen molar-refractivity contribution in [1.29, 1.82) is 0 Å². The summed E-state index contributed by atoms with van der Waals surface area (Å²) in [5.74, 6) is -1.23. The second-order valence-corrected chi connectivity index (χ2v) is 11.4. The molecule has 4 saturated heterocycles. The molecule has 0 radical (unpaired) electrons. The largest absolute Gasteiger partial charge is 0.467 e. The highest BCUT2D eigenvalue weighted by molar-refractivity contribution is 5.75. The molecule has 274 valence electrons. The van der Waals surface area contributed by atoms with Crippen LogP contribution in [0.1, 0.15) is 0 Å². The monoisotopic (exact) mass is 694 g/mol. The molecule has 4 fully saturated rings. The molecule has 22 nitrogen and oxygen atoms in total. The van der Waals surface area contributed by atoms with Crippen LogP contribution in [0.15, 0.2) is 0 Å². The van der Waals surface area contributed by atoms with Gasteiger partial charge in [-0.25, -0.2) is 4.79 Å². The molecule has 0 unspecified atom stereocenters. The lowest BCUT2D eigenvalue weighted by atomic mass is 9.95. The number of methoxy groups -OCH3 is 1. The van der Waals surface area contributed by atoms with E-state index in [0.29, 0.717) is 0 Å². The molecular weight excluding hydrogens is 652 g/mol. The summed E-state index contributed by atoms with van der Waals surface area (Å²) < 4.78 is 42.7. The van der Waals surface area contributed by atoms with Crippen LogP contribution in [0.3, 0.4) is 0 Å². The number of aliphatic hydroxyl groups excluding tert-OH is 13. The smallest absolute Gasteiger partial charge is 0.337 e. The number of aliphatic hydroxyl groups is 13. The van der Waals surface area contributed by atoms with E-state index in [-0.39, 0.29) is 0 Å². The molecule has 0 aromatic rings. The molecule has 0 amide bonds. The molecule has 0 spiro atoms. The molecule has 0 bridgehead atoms. The van der Waals surface area contributed by atoms with E-state index in [1.54, 1.807) is 0 Å². The van der Waals surface area contributed by atoms with Crippen molar-refractivity contribution in [1.82, 2.24) is 0 Å². The lowest BCUT2D eigenvalue weighted by Crippen LogP contribution is -2.68. The molecule has 4 aliphatic rings. The van der Waals surface area contributed by atoms with Gasteiger partial charge in [-0.2, -0.15) is 0 Å². The Hall–Kier alpha value is -1.33. The van der Waals surface area contributed by atoms with Crippen LogP contribution in [0.2, 0.25) is 0 Å². The second-order valence-electron chi connectivity index (χ2n) is 11.4. The summed E-state index contributed by atoms with van der Waals surface area (Å²) in [5, 5.41) is 133. The van der Waals surface area contributed by atoms with Crippen molar-refractivity contribution < 1.29 is 109 Å². The Morgan fingerprint density at radius 2 is 0.894 bits per heavy atom. The summed E-state index contributed by atoms with van der Waals surface area (Å²) in [6.07, 6.45) is -38.1. The molecule has 47 heavy (non-hydrogen) atoms. The molecular formula is C25H42O22. The van der Waals surface area contributed by atoms with Crippen LogP contribution in [0.5, 0.6) is 0 Å². The maximum atomic E-state index is 12.7. The molecule has 0 aliphatic carbocycles. The van der Waals surface area contributed by atoms with Gasteiger partial charge in [0.05, 0.1) is 26.9 Å². The van der Waals surface area contributed by atoms with Gasteiger partial charge in [-0.05, 0) is 0 Å². The average Bonchev–Trinajstić information content (AvgIpc) is 3.06. The minimum absolute atomic E-state index is 0.837. The zero-order chi connectivity index (χ0) is 34.9. The first-order valence-electron chi connectivity index (χ1n) is 14.5. The molecule has 20 atom stereocenters. The van der Waals surface area contributed by atoms with Crippen LogP contribution in [-0.4, -0.2) is 222 Å². The summed E-state index contributed by atoms with van der Waals surface area (Å²) in [4.78, 5) is 12.7. The van der Waals surface area contributed by atoms with E-state index < -0.39 is 149 Å². The fraction of sp³-hybridized carbons (Fsp3) is 0.960. The number of carbonyl (C=O) groups is 1. The SMILES string of the molecule is COC(=O)[C@H]1O[C@@H](O)[C@H](O)[C@@H](O[C@@H]2O[C@H](CO)[C@H](O)[C@H](O[C@H]3O[C@H](CO)[C@@H](O)[C@H](O)[C@@H]3O)[C@H]2O)[C@H]1O[C@H]1O[C@H](CO)[C@@H](O)[C@H](O)[C@@H]1O. The zero-order valence-corrected chi connectivity index (χ0v) is 24.7. The fourth-order valence-electron chi connectivity index (χ4n) is 5.60. The fourth-order valence-corrected chi connectivity index (χ4v) is 5.60. The number of hydrogen-bond acceptors (Lipinski definition) is 22. The van der Waals surface area contributed by atoms with E-state index in [1.807, 2.05) is 0 Å². The highest BCUT2D eigenvalue weighted by atomic mass is 16.8. The van der Waals surface area contributed by atoms with Gasteiger partial charge in [0.25, 0.3) is 0 Å². The van der Waals surface area contributed by atoms with Gasteiger partial charge in [-0.3, -0.25) is 0 Å². The first-order chi connectivity index (χ1) is 22.2. The van der Waals surface area contributed by atoms with E-state index >= 15 is 0 Å². The van der Waals surface area contributed by atoms with Gasteiger partial charge < -0.3 is 104 Å². The number of rotatable bonds is 10. The molecule has 0 aromatic heterocycles. The predicted octanol–water partition coefficient (Wildman–Crippen LogP) is -9.57. The van der Waals surface area contributed by atoms with Crippen LogP contribution < -0.4 is 0 Å². The minimum Gasteiger partial charge on any atom is -0.467 e. The first kappa shape index (κ1) is 38.5. The summed E-state index contributed by atoms with van der Waals surface area (Å²) in [6, 6.07) is 0. The zero-order valence-electron chi connectivity index (χ0n) is 24.7. The Balaban J connectivity index is 1.62. The Kier molecular flexibility index (Phi) is 13.2. The molecule has 13 N–H and O–H groups in total. The first-order valence-corrected chi connectivity index (χ1v) is 14.5. The molecule has 0 aromatic carbocycles. The third kappa shape index (κ3) is 7.72. The van der Waals surface area contributed by atoms with Gasteiger partial charge >= 0.3 is 5.97 Å². The highest BCUT2D eigenvalue weighted by Gasteiger charge is 2.57. The topological polar surface area (TPSA) is 354 Å². The van der Waals surface area contributed by atoms with Gasteiger partial charge in [0, 0.05) is 0 Å². The van der Waals surface area contributed by atoms with Crippen LogP contribution in [0.4, 0.5) is 0 Å². The van der Waals surface area contributed by atoms with Crippen LogP contribution >= 0.6 is 0 Å². The highest BCUT2D eigenvalue weighted by Crippen LogP contribution is 2.35. The summed E-state index contributed by atoms with van der Waals surface area (Å²) in [5.41, 5.74) is 0. The van der Waals surface area contributed by atoms with Crippen molar-refractivity contribution >= 4 is 5.97 Å². The maximum absolute atomic E-state index is 12.7. The normalized spacial score (nSPS) is 51.0. The molecule has 4 heterocycles. The van der Waals surface area contributed by atoms with Gasteiger partial charge in [-0.15, -0.1) is 0 Å². The Labute approximate surface area is 265 Å². The lowest BCUT2D eigenvalue weighted by Gasteiger charge is -2.49. The number of carbonyl (C=O) groups excluding carboxylic acids is 1. The summed E-state index contributed by atoms with van der Waals surface area (Å²) in [7, 11) is 0.923. The third-order valence-electron chi connectivity index (χ3n) is 8.36. The van der Waals surface area contributed by atoms with Gasteiger partial charge in [0.1, 0.15) is 91.6 Å². The predicted molar refractivity (Wildman–Crippen MR) is 139 cm³/mol. The van der Waals surface area contributed by atoms with Gasteiger partial charge in [0.2, 0.25) is 0 Å². The van der Waals surface area contributed by atoms with Crippen molar-refractivity contribution in [2.24, 2.45) is 0 Å². The standard InChI is InChI=1S/C25H42O22/c1-40-22(39)20-19(47-24-14(35)12(33)9(30)6(3-27)42-24)18(15(36)21(38)44-20)46-25-16(37)17(10(31)7(4-28)43-25)45-23-13(34)11(32)8(29)5(2-26)41-23/h5-21,23-38H,2-4H2,1H3/t5-,6-,7-,8-,9-,10+,11+,12+,13+,14+,15-,16-,17+,18-,19-,20+,21-,23-,24-,25+/m1/s1. The quantitative estimate of drug-likeness (QED) is 0.0944. The van der Waals surface area contributed by atoms with Crippen LogP contribution in [0, 0.1) is 0 Å². The van der Waals surface area contributed by atoms with Gasteiger partial charge in [-0.1, -0.05) is 0 Å². The van der Waals surface area contributed by atoms with E-state index in [9.17, 15) is 71.2 Å². The van der Waals surface area contributed by atoms with Crippen molar-refractivity contribution in [2.45, 2.75) is 123 Å². The lowest BCUT2D eigenvalue weighted by molar-refractivity contribution is -0.390. The average molecular weight is 695 g/mol. The Morgan fingerprint density at radius 1 is 0.489 bits per heavy atom. The molecule has 22 heteroatoms. The molecule has 4 rings (SSSR count). The minimum atomic E-state index is -2.19. The van der Waals surface area contributed by atoms with E-state index in [2.05, 4.69) is 4.74 Å². The van der Waals surface area contributed by atoms with E-state index in [0.717, 1.165) is 7.11 Å². The second kappa shape index (κ2) is 16.1. The third-order valence-corrected chi connectivity index (χ3v) is 8.36. The summed E-state index contributed by atoms with van der Waals surface area (Å²) in [6.45, 7) is -2.65. The van der Waals surface area contributed by atoms with Crippen molar-refractivity contribution in [3.05, 3.63) is 0 Å². The van der Waals surface area contributed by atoms with E-state index in [1.165, 1.54) is 0 Å². The Bertz CT molecular complexity index is 1000. The number of esters is 1.